The Morgan fingerprint density at radius 3 is 2.79 bits per heavy atom. The normalized spacial score (nSPS) is 15.6. The first-order chi connectivity index (χ1) is 9.06. The highest BCUT2D eigenvalue weighted by atomic mass is 35.5. The van der Waals surface area contributed by atoms with Crippen LogP contribution in [0.25, 0.3) is 11.0 Å². The minimum absolute atomic E-state index is 0.273. The lowest BCUT2D eigenvalue weighted by atomic mass is 9.99. The van der Waals surface area contributed by atoms with Gasteiger partial charge < -0.3 is 9.73 Å². The first-order valence-electron chi connectivity index (χ1n) is 6.70. The van der Waals surface area contributed by atoms with Crippen molar-refractivity contribution in [1.82, 2.24) is 5.32 Å². The average molecular weight is 282 g/mol. The second-order valence-corrected chi connectivity index (χ2v) is 5.92. The van der Waals surface area contributed by atoms with Gasteiger partial charge in [-0.15, -0.1) is 0 Å². The average Bonchev–Trinajstić information content (AvgIpc) is 3.07. The third-order valence-corrected chi connectivity index (χ3v) is 3.81. The number of furan rings is 1. The lowest BCUT2D eigenvalue weighted by molar-refractivity contribution is 0.503. The highest BCUT2D eigenvalue weighted by Crippen LogP contribution is 2.36. The van der Waals surface area contributed by atoms with Gasteiger partial charge in [-0.25, -0.2) is 4.39 Å². The molecule has 3 rings (SSSR count). The van der Waals surface area contributed by atoms with Crippen LogP contribution in [0, 0.1) is 5.82 Å². The molecule has 0 saturated heterocycles. The van der Waals surface area contributed by atoms with Gasteiger partial charge in [0.2, 0.25) is 0 Å². The van der Waals surface area contributed by atoms with Crippen molar-refractivity contribution in [3.63, 3.8) is 0 Å². The molecular weight excluding hydrogens is 265 g/mol. The summed E-state index contributed by atoms with van der Waals surface area (Å²) in [6.07, 6.45) is 2.46. The lowest BCUT2D eigenvalue weighted by Gasteiger charge is -2.07. The molecule has 1 heterocycles. The number of benzene rings is 1. The highest BCUT2D eigenvalue weighted by molar-refractivity contribution is 6.35. The summed E-state index contributed by atoms with van der Waals surface area (Å²) in [4.78, 5) is 0. The third-order valence-electron chi connectivity index (χ3n) is 3.53. The zero-order valence-corrected chi connectivity index (χ0v) is 11.9. The van der Waals surface area contributed by atoms with Crippen LogP contribution in [0.15, 0.2) is 16.5 Å². The van der Waals surface area contributed by atoms with Gasteiger partial charge in [-0.3, -0.25) is 0 Å². The van der Waals surface area contributed by atoms with Crippen LogP contribution in [0.1, 0.15) is 43.9 Å². The van der Waals surface area contributed by atoms with E-state index < -0.39 is 0 Å². The SMILES string of the molecule is CC(C)c1c(CNC2CC2)oc2c(Cl)cc(F)cc12. The highest BCUT2D eigenvalue weighted by Gasteiger charge is 2.24. The standard InChI is InChI=1S/C15H17ClFNO/c1-8(2)14-11-5-9(17)6-12(16)15(11)19-13(14)7-18-10-3-4-10/h5-6,8,10,18H,3-4,7H2,1-2H3. The molecule has 0 unspecified atom stereocenters. The second-order valence-electron chi connectivity index (χ2n) is 5.51. The summed E-state index contributed by atoms with van der Waals surface area (Å²) >= 11 is 6.07. The van der Waals surface area contributed by atoms with E-state index in [-0.39, 0.29) is 11.7 Å². The molecule has 0 atom stereocenters. The molecule has 1 aromatic heterocycles. The Bertz CT molecular complexity index is 616. The number of hydrogen-bond acceptors (Lipinski definition) is 2. The van der Waals surface area contributed by atoms with Gasteiger partial charge >= 0.3 is 0 Å². The van der Waals surface area contributed by atoms with Crippen molar-refractivity contribution in [3.05, 3.63) is 34.3 Å². The van der Waals surface area contributed by atoms with Crippen LogP contribution < -0.4 is 5.32 Å². The molecule has 2 nitrogen and oxygen atoms in total. The Morgan fingerprint density at radius 2 is 2.16 bits per heavy atom. The van der Waals surface area contributed by atoms with Crippen molar-refractivity contribution < 1.29 is 8.81 Å². The maximum Gasteiger partial charge on any atom is 0.153 e. The smallest absolute Gasteiger partial charge is 0.153 e. The number of rotatable bonds is 4. The number of nitrogens with one attached hydrogen (secondary N) is 1. The van der Waals surface area contributed by atoms with E-state index in [0.717, 1.165) is 16.7 Å². The Balaban J connectivity index is 2.08. The zero-order chi connectivity index (χ0) is 13.6. The Labute approximate surface area is 116 Å². The van der Waals surface area contributed by atoms with Gasteiger partial charge in [0.1, 0.15) is 11.6 Å². The molecule has 1 N–H and O–H groups in total. The molecule has 1 aliphatic carbocycles. The zero-order valence-electron chi connectivity index (χ0n) is 11.1. The first kappa shape index (κ1) is 12.9. The maximum atomic E-state index is 13.5. The summed E-state index contributed by atoms with van der Waals surface area (Å²) < 4.78 is 19.4. The molecule has 0 spiro atoms. The van der Waals surface area contributed by atoms with Gasteiger partial charge in [0, 0.05) is 17.0 Å². The van der Waals surface area contributed by atoms with Gasteiger partial charge in [-0.2, -0.15) is 0 Å². The summed E-state index contributed by atoms with van der Waals surface area (Å²) in [5.74, 6) is 0.835. The van der Waals surface area contributed by atoms with Crippen molar-refractivity contribution in [1.29, 1.82) is 0 Å². The van der Waals surface area contributed by atoms with Crippen LogP contribution in [-0.4, -0.2) is 6.04 Å². The van der Waals surface area contributed by atoms with Gasteiger partial charge in [-0.05, 0) is 30.9 Å². The summed E-state index contributed by atoms with van der Waals surface area (Å²) in [6.45, 7) is 4.86. The second kappa shape index (κ2) is 4.80. The molecule has 0 aliphatic heterocycles. The number of halogens is 2. The molecule has 1 aliphatic rings. The van der Waals surface area contributed by atoms with Gasteiger partial charge in [0.05, 0.1) is 11.6 Å². The van der Waals surface area contributed by atoms with Gasteiger partial charge in [0.15, 0.2) is 5.58 Å². The quantitative estimate of drug-likeness (QED) is 0.886. The van der Waals surface area contributed by atoms with E-state index in [1.165, 1.54) is 25.0 Å². The van der Waals surface area contributed by atoms with Crippen LogP contribution >= 0.6 is 11.6 Å². The topological polar surface area (TPSA) is 25.2 Å². The largest absolute Gasteiger partial charge is 0.458 e. The molecule has 1 fully saturated rings. The van der Waals surface area contributed by atoms with Crippen LogP contribution in [0.5, 0.6) is 0 Å². The molecular formula is C15H17ClFNO. The van der Waals surface area contributed by atoms with E-state index in [1.54, 1.807) is 0 Å². The fourth-order valence-corrected chi connectivity index (χ4v) is 2.73. The number of fused-ring (bicyclic) bond motifs is 1. The van der Waals surface area contributed by atoms with E-state index in [9.17, 15) is 4.39 Å². The van der Waals surface area contributed by atoms with Crippen LogP contribution in [0.3, 0.4) is 0 Å². The van der Waals surface area contributed by atoms with Crippen molar-refractivity contribution in [2.24, 2.45) is 0 Å². The lowest BCUT2D eigenvalue weighted by Crippen LogP contribution is -2.15. The first-order valence-corrected chi connectivity index (χ1v) is 7.07. The molecule has 19 heavy (non-hydrogen) atoms. The molecule has 0 radical (unpaired) electrons. The molecule has 0 amide bonds. The van der Waals surface area contributed by atoms with Crippen molar-refractivity contribution >= 4 is 22.6 Å². The fraction of sp³-hybridized carbons (Fsp3) is 0.467. The van der Waals surface area contributed by atoms with Gasteiger partial charge in [0.25, 0.3) is 0 Å². The van der Waals surface area contributed by atoms with E-state index in [2.05, 4.69) is 19.2 Å². The van der Waals surface area contributed by atoms with E-state index >= 15 is 0 Å². The van der Waals surface area contributed by atoms with E-state index in [0.29, 0.717) is 23.2 Å². The minimum atomic E-state index is -0.318. The van der Waals surface area contributed by atoms with Crippen molar-refractivity contribution in [3.8, 4) is 0 Å². The minimum Gasteiger partial charge on any atom is -0.458 e. The molecule has 0 bridgehead atoms. The fourth-order valence-electron chi connectivity index (χ4n) is 2.48. The van der Waals surface area contributed by atoms with E-state index in [1.807, 2.05) is 0 Å². The Kier molecular flexibility index (Phi) is 3.27. The van der Waals surface area contributed by atoms with E-state index in [4.69, 9.17) is 16.0 Å². The predicted molar refractivity (Wildman–Crippen MR) is 75.1 cm³/mol. The molecule has 4 heteroatoms. The summed E-state index contributed by atoms with van der Waals surface area (Å²) in [6, 6.07) is 3.43. The molecule has 2 aromatic rings. The van der Waals surface area contributed by atoms with Crippen LogP contribution in [-0.2, 0) is 6.54 Å². The van der Waals surface area contributed by atoms with Crippen molar-refractivity contribution in [2.45, 2.75) is 45.2 Å². The maximum absolute atomic E-state index is 13.5. The Morgan fingerprint density at radius 1 is 1.42 bits per heavy atom. The third kappa shape index (κ3) is 2.49. The monoisotopic (exact) mass is 281 g/mol. The molecule has 1 saturated carbocycles. The summed E-state index contributed by atoms with van der Waals surface area (Å²) in [5.41, 5.74) is 1.66. The Hall–Kier alpha value is -1.06. The predicted octanol–water partition coefficient (Wildman–Crippen LogP) is 4.60. The van der Waals surface area contributed by atoms with Gasteiger partial charge in [-0.1, -0.05) is 25.4 Å². The van der Waals surface area contributed by atoms with Crippen LogP contribution in [0.4, 0.5) is 4.39 Å². The van der Waals surface area contributed by atoms with Crippen molar-refractivity contribution in [2.75, 3.05) is 0 Å². The summed E-state index contributed by atoms with van der Waals surface area (Å²) in [7, 11) is 0. The number of hydrogen-bond donors (Lipinski definition) is 1. The molecule has 102 valence electrons. The van der Waals surface area contributed by atoms with Crippen LogP contribution in [0.2, 0.25) is 5.02 Å². The summed E-state index contributed by atoms with van der Waals surface area (Å²) in [5, 5.41) is 4.57. The molecule has 1 aromatic carbocycles.